The van der Waals surface area contributed by atoms with Gasteiger partial charge in [0.2, 0.25) is 0 Å². The molecular formula is C8H20BaN+3. The van der Waals surface area contributed by atoms with Crippen molar-refractivity contribution in [3.05, 3.63) is 0 Å². The van der Waals surface area contributed by atoms with Crippen LogP contribution in [0.1, 0.15) is 27.7 Å². The van der Waals surface area contributed by atoms with Crippen molar-refractivity contribution in [2.24, 2.45) is 0 Å². The second kappa shape index (κ2) is 7.20. The maximum atomic E-state index is 2.27. The zero-order chi connectivity index (χ0) is 7.33. The van der Waals surface area contributed by atoms with Gasteiger partial charge in [0, 0.05) is 0 Å². The van der Waals surface area contributed by atoms with Gasteiger partial charge < -0.3 is 4.48 Å². The first-order valence-corrected chi connectivity index (χ1v) is 4.09. The van der Waals surface area contributed by atoms with Gasteiger partial charge in [-0.25, -0.2) is 0 Å². The van der Waals surface area contributed by atoms with Crippen LogP contribution in [0.15, 0.2) is 0 Å². The van der Waals surface area contributed by atoms with E-state index < -0.39 is 0 Å². The van der Waals surface area contributed by atoms with E-state index in [4.69, 9.17) is 0 Å². The standard InChI is InChI=1S/C8H20N.Ba/c1-5-9(6-2,7-3)8-4;/h5-8H2,1-4H3;/q+1;+2. The van der Waals surface area contributed by atoms with E-state index in [0.29, 0.717) is 0 Å². The minimum absolute atomic E-state index is 0. The number of rotatable bonds is 4. The molecule has 0 saturated carbocycles. The van der Waals surface area contributed by atoms with Crippen LogP contribution in [0, 0.1) is 0 Å². The third kappa shape index (κ3) is 3.79. The molecule has 56 valence electrons. The van der Waals surface area contributed by atoms with Gasteiger partial charge in [-0.1, -0.05) is 0 Å². The molecule has 0 amide bonds. The third-order valence-corrected chi connectivity index (χ3v) is 2.68. The molecule has 0 aliphatic carbocycles. The van der Waals surface area contributed by atoms with Gasteiger partial charge >= 0.3 is 48.9 Å². The van der Waals surface area contributed by atoms with Crippen LogP contribution in [-0.2, 0) is 0 Å². The van der Waals surface area contributed by atoms with Crippen LogP contribution in [-0.4, -0.2) is 79.5 Å². The van der Waals surface area contributed by atoms with Gasteiger partial charge in [-0.15, -0.1) is 0 Å². The van der Waals surface area contributed by atoms with Crippen molar-refractivity contribution in [2.45, 2.75) is 27.7 Å². The monoisotopic (exact) mass is 268 g/mol. The van der Waals surface area contributed by atoms with Crippen molar-refractivity contribution in [2.75, 3.05) is 26.2 Å². The molecular weight excluding hydrogens is 247 g/mol. The molecule has 0 spiro atoms. The van der Waals surface area contributed by atoms with Gasteiger partial charge in [-0.2, -0.15) is 0 Å². The third-order valence-electron chi connectivity index (χ3n) is 2.68. The molecule has 0 atom stereocenters. The van der Waals surface area contributed by atoms with E-state index in [0.717, 1.165) is 0 Å². The van der Waals surface area contributed by atoms with Crippen LogP contribution < -0.4 is 0 Å². The van der Waals surface area contributed by atoms with Gasteiger partial charge in [0.05, 0.1) is 26.2 Å². The second-order valence-corrected chi connectivity index (χ2v) is 2.61. The van der Waals surface area contributed by atoms with E-state index in [1.807, 2.05) is 0 Å². The van der Waals surface area contributed by atoms with E-state index in [1.54, 1.807) is 0 Å². The van der Waals surface area contributed by atoms with Crippen molar-refractivity contribution in [3.63, 3.8) is 0 Å². The van der Waals surface area contributed by atoms with Gasteiger partial charge in [0.25, 0.3) is 0 Å². The molecule has 0 saturated heterocycles. The molecule has 0 rings (SSSR count). The van der Waals surface area contributed by atoms with E-state index in [9.17, 15) is 0 Å². The molecule has 0 bridgehead atoms. The zero-order valence-electron chi connectivity index (χ0n) is 7.98. The van der Waals surface area contributed by atoms with Crippen LogP contribution in [0.2, 0.25) is 0 Å². The number of nitrogens with zero attached hydrogens (tertiary/aromatic N) is 1. The number of quaternary nitrogens is 1. The molecule has 1 nitrogen and oxygen atoms in total. The predicted octanol–water partition coefficient (Wildman–Crippen LogP) is 1.50. The smallest absolute Gasteiger partial charge is 0.325 e. The first kappa shape index (κ1) is 14.1. The summed E-state index contributed by atoms with van der Waals surface area (Å²) in [6.45, 7) is 14.2. The fourth-order valence-electron chi connectivity index (χ4n) is 1.34. The molecule has 0 aliphatic rings. The normalized spacial score (nSPS) is 10.8. The minimum Gasteiger partial charge on any atom is -0.325 e. The Balaban J connectivity index is 0. The summed E-state index contributed by atoms with van der Waals surface area (Å²) >= 11 is 0. The van der Waals surface area contributed by atoms with E-state index >= 15 is 0 Å². The average molecular weight is 268 g/mol. The van der Waals surface area contributed by atoms with E-state index in [-0.39, 0.29) is 48.9 Å². The fraction of sp³-hybridized carbons (Fsp3) is 1.00. The van der Waals surface area contributed by atoms with Crippen LogP contribution in [0.5, 0.6) is 0 Å². The summed E-state index contributed by atoms with van der Waals surface area (Å²) in [7, 11) is 0. The van der Waals surface area contributed by atoms with Crippen LogP contribution in [0.4, 0.5) is 0 Å². The topological polar surface area (TPSA) is 0 Å². The first-order chi connectivity index (χ1) is 4.24. The quantitative estimate of drug-likeness (QED) is 0.535. The molecule has 0 unspecified atom stereocenters. The Morgan fingerprint density at radius 3 is 0.900 bits per heavy atom. The predicted molar refractivity (Wildman–Crippen MR) is 48.2 cm³/mol. The molecule has 0 N–H and O–H groups in total. The summed E-state index contributed by atoms with van der Waals surface area (Å²) in [6.07, 6.45) is 0. The molecule has 0 aromatic heterocycles. The SMILES string of the molecule is CC[N+](CC)(CC)CC.[Ba+2]. The van der Waals surface area contributed by atoms with Crippen LogP contribution >= 0.6 is 0 Å². The second-order valence-electron chi connectivity index (χ2n) is 2.61. The summed E-state index contributed by atoms with van der Waals surface area (Å²) in [4.78, 5) is 0. The first-order valence-electron chi connectivity index (χ1n) is 4.09. The Bertz CT molecular complexity index is 52.1. The molecule has 0 aromatic carbocycles. The van der Waals surface area contributed by atoms with Gasteiger partial charge in [0.1, 0.15) is 0 Å². The molecule has 0 fully saturated rings. The average Bonchev–Trinajstić information content (AvgIpc) is 1.95. The molecule has 0 aromatic rings. The van der Waals surface area contributed by atoms with E-state index in [1.165, 1.54) is 30.7 Å². The Kier molecular flexibility index (Phi) is 10.1. The summed E-state index contributed by atoms with van der Waals surface area (Å²) < 4.78 is 1.28. The zero-order valence-corrected chi connectivity index (χ0v) is 12.4. The van der Waals surface area contributed by atoms with E-state index in [2.05, 4.69) is 27.7 Å². The largest absolute Gasteiger partial charge is 2.00 e. The minimum atomic E-state index is 0. The van der Waals surface area contributed by atoms with Gasteiger partial charge in [-0.3, -0.25) is 0 Å². The maximum absolute atomic E-state index is 2.27. The molecule has 0 radical (unpaired) electrons. The van der Waals surface area contributed by atoms with Gasteiger partial charge in [0.15, 0.2) is 0 Å². The van der Waals surface area contributed by atoms with Crippen molar-refractivity contribution in [3.8, 4) is 0 Å². The maximum Gasteiger partial charge on any atom is 2.00 e. The van der Waals surface area contributed by atoms with Crippen molar-refractivity contribution >= 4 is 48.9 Å². The Morgan fingerprint density at radius 1 is 0.700 bits per heavy atom. The van der Waals surface area contributed by atoms with Gasteiger partial charge in [-0.05, 0) is 27.7 Å². The number of hydrogen-bond donors (Lipinski definition) is 0. The summed E-state index contributed by atoms with van der Waals surface area (Å²) in [6, 6.07) is 0. The molecule has 2 heteroatoms. The van der Waals surface area contributed by atoms with Crippen LogP contribution in [0.25, 0.3) is 0 Å². The van der Waals surface area contributed by atoms with Crippen molar-refractivity contribution in [1.82, 2.24) is 0 Å². The Labute approximate surface area is 106 Å². The molecule has 10 heavy (non-hydrogen) atoms. The number of hydrogen-bond acceptors (Lipinski definition) is 0. The van der Waals surface area contributed by atoms with Crippen molar-refractivity contribution < 1.29 is 4.48 Å². The van der Waals surface area contributed by atoms with Crippen molar-refractivity contribution in [1.29, 1.82) is 0 Å². The molecule has 0 aliphatic heterocycles. The Hall–Kier alpha value is 1.53. The summed E-state index contributed by atoms with van der Waals surface area (Å²) in [5.74, 6) is 0. The van der Waals surface area contributed by atoms with Crippen LogP contribution in [0.3, 0.4) is 0 Å². The fourth-order valence-corrected chi connectivity index (χ4v) is 1.34. The molecule has 0 heterocycles. The summed E-state index contributed by atoms with van der Waals surface area (Å²) in [5.41, 5.74) is 0. The Morgan fingerprint density at radius 2 is 0.900 bits per heavy atom. The summed E-state index contributed by atoms with van der Waals surface area (Å²) in [5, 5.41) is 0.